The van der Waals surface area contributed by atoms with E-state index in [0.717, 1.165) is 0 Å². The lowest BCUT2D eigenvalue weighted by molar-refractivity contribution is 0.0212. The van der Waals surface area contributed by atoms with E-state index in [-0.39, 0.29) is 6.42 Å². The first kappa shape index (κ1) is 10.6. The molecule has 1 aromatic rings. The number of hydrogen-bond donors (Lipinski definition) is 2. The third kappa shape index (κ3) is 2.49. The fourth-order valence-corrected chi connectivity index (χ4v) is 0.983. The van der Waals surface area contributed by atoms with Crippen molar-refractivity contribution in [1.82, 2.24) is 9.97 Å². The van der Waals surface area contributed by atoms with Crippen LogP contribution in [0.5, 0.6) is 0 Å². The Morgan fingerprint density at radius 1 is 1.43 bits per heavy atom. The van der Waals surface area contributed by atoms with Gasteiger partial charge in [0.05, 0.1) is 18.6 Å². The van der Waals surface area contributed by atoms with Crippen molar-refractivity contribution in [2.75, 3.05) is 0 Å². The number of aromatic nitrogens is 2. The van der Waals surface area contributed by atoms with E-state index in [0.29, 0.717) is 11.4 Å². The van der Waals surface area contributed by atoms with Crippen molar-refractivity contribution in [3.05, 3.63) is 23.8 Å². The van der Waals surface area contributed by atoms with Gasteiger partial charge in [0.2, 0.25) is 0 Å². The number of aliphatic hydroxyl groups is 2. The molecule has 0 saturated carbocycles. The molecular weight excluding hydrogens is 182 g/mol. The summed E-state index contributed by atoms with van der Waals surface area (Å²) in [6, 6.07) is 1.78. The maximum absolute atomic E-state index is 9.53. The summed E-state index contributed by atoms with van der Waals surface area (Å²) in [4.78, 5) is 7.76. The van der Waals surface area contributed by atoms with Gasteiger partial charge in [-0.05, 0) is 6.92 Å². The Bertz CT molecular complexity index is 331. The van der Waals surface area contributed by atoms with Crippen LogP contribution in [0, 0.1) is 18.3 Å². The second-order valence-electron chi connectivity index (χ2n) is 2.94. The average Bonchev–Trinajstić information content (AvgIpc) is 2.18. The van der Waals surface area contributed by atoms with E-state index < -0.39 is 12.2 Å². The number of aryl methyl sites for hydroxylation is 1. The Balaban J connectivity index is 2.74. The molecule has 5 heteroatoms. The van der Waals surface area contributed by atoms with Crippen LogP contribution in [-0.2, 0) is 0 Å². The molecule has 0 aliphatic rings. The molecule has 14 heavy (non-hydrogen) atoms. The van der Waals surface area contributed by atoms with Crippen LogP contribution in [0.1, 0.15) is 23.9 Å². The number of aliphatic hydroxyl groups excluding tert-OH is 2. The van der Waals surface area contributed by atoms with E-state index >= 15 is 0 Å². The largest absolute Gasteiger partial charge is 0.389 e. The summed E-state index contributed by atoms with van der Waals surface area (Å²) in [5, 5.41) is 27.2. The molecule has 1 rings (SSSR count). The number of rotatable bonds is 3. The van der Waals surface area contributed by atoms with Gasteiger partial charge < -0.3 is 10.2 Å². The monoisotopic (exact) mass is 193 g/mol. The molecule has 0 amide bonds. The summed E-state index contributed by atoms with van der Waals surface area (Å²) in [6.45, 7) is 1.72. The maximum atomic E-state index is 9.53. The van der Waals surface area contributed by atoms with Crippen LogP contribution in [0.15, 0.2) is 12.4 Å². The Morgan fingerprint density at radius 3 is 2.50 bits per heavy atom. The van der Waals surface area contributed by atoms with Crippen molar-refractivity contribution < 1.29 is 10.2 Å². The van der Waals surface area contributed by atoms with Crippen molar-refractivity contribution in [3.63, 3.8) is 0 Å². The fraction of sp³-hybridized carbons (Fsp3) is 0.444. The lowest BCUT2D eigenvalue weighted by Crippen LogP contribution is -2.17. The van der Waals surface area contributed by atoms with Gasteiger partial charge in [0.1, 0.15) is 11.9 Å². The molecule has 0 fully saturated rings. The Kier molecular flexibility index (Phi) is 3.51. The van der Waals surface area contributed by atoms with E-state index in [9.17, 15) is 10.2 Å². The molecule has 0 aliphatic carbocycles. The van der Waals surface area contributed by atoms with Crippen LogP contribution in [-0.4, -0.2) is 26.3 Å². The van der Waals surface area contributed by atoms with Crippen LogP contribution >= 0.6 is 0 Å². The van der Waals surface area contributed by atoms with E-state index in [1.807, 2.05) is 0 Å². The molecule has 2 unspecified atom stereocenters. The molecule has 1 heterocycles. The molecule has 5 nitrogen and oxygen atoms in total. The molecule has 0 aromatic carbocycles. The van der Waals surface area contributed by atoms with Gasteiger partial charge in [-0.1, -0.05) is 0 Å². The molecule has 1 aromatic heterocycles. The van der Waals surface area contributed by atoms with Crippen molar-refractivity contribution in [3.8, 4) is 6.07 Å². The van der Waals surface area contributed by atoms with Crippen molar-refractivity contribution in [2.24, 2.45) is 0 Å². The standard InChI is InChI=1S/C9H11N3O2/c1-6-11-4-7(5-12-6)9(14)8(13)2-3-10/h4-5,8-9,13-14H,2H2,1H3. The summed E-state index contributed by atoms with van der Waals surface area (Å²) in [6.07, 6.45) is 0.567. The smallest absolute Gasteiger partial charge is 0.125 e. The van der Waals surface area contributed by atoms with Crippen LogP contribution in [0.2, 0.25) is 0 Å². The summed E-state index contributed by atoms with van der Waals surface area (Å²) in [7, 11) is 0. The quantitative estimate of drug-likeness (QED) is 0.710. The minimum Gasteiger partial charge on any atom is -0.389 e. The Morgan fingerprint density at radius 2 is 2.00 bits per heavy atom. The minimum atomic E-state index is -1.10. The molecule has 0 bridgehead atoms. The van der Waals surface area contributed by atoms with Gasteiger partial charge >= 0.3 is 0 Å². The zero-order valence-electron chi connectivity index (χ0n) is 7.75. The highest BCUT2D eigenvalue weighted by Crippen LogP contribution is 2.16. The Labute approximate surface area is 81.7 Å². The van der Waals surface area contributed by atoms with Gasteiger partial charge in [0.25, 0.3) is 0 Å². The van der Waals surface area contributed by atoms with E-state index in [1.165, 1.54) is 12.4 Å². The van der Waals surface area contributed by atoms with Crippen LogP contribution < -0.4 is 0 Å². The predicted molar refractivity (Wildman–Crippen MR) is 48.0 cm³/mol. The zero-order chi connectivity index (χ0) is 10.6. The lowest BCUT2D eigenvalue weighted by Gasteiger charge is -2.14. The summed E-state index contributed by atoms with van der Waals surface area (Å²) in [5.74, 6) is 0.593. The van der Waals surface area contributed by atoms with Crippen molar-refractivity contribution in [2.45, 2.75) is 25.6 Å². The minimum absolute atomic E-state index is 0.116. The van der Waals surface area contributed by atoms with Crippen molar-refractivity contribution in [1.29, 1.82) is 5.26 Å². The molecule has 0 aliphatic heterocycles. The number of nitriles is 1. The topological polar surface area (TPSA) is 90.0 Å². The highest BCUT2D eigenvalue weighted by Gasteiger charge is 2.18. The van der Waals surface area contributed by atoms with Gasteiger partial charge in [-0.3, -0.25) is 0 Å². The zero-order valence-corrected chi connectivity index (χ0v) is 7.75. The average molecular weight is 193 g/mol. The normalized spacial score (nSPS) is 14.4. The lowest BCUT2D eigenvalue weighted by atomic mass is 10.1. The van der Waals surface area contributed by atoms with Crippen LogP contribution in [0.3, 0.4) is 0 Å². The maximum Gasteiger partial charge on any atom is 0.125 e. The number of hydrogen-bond acceptors (Lipinski definition) is 5. The van der Waals surface area contributed by atoms with Gasteiger partial charge in [-0.2, -0.15) is 5.26 Å². The molecule has 2 N–H and O–H groups in total. The SMILES string of the molecule is Cc1ncc(C(O)C(O)CC#N)cn1. The van der Waals surface area contributed by atoms with Crippen LogP contribution in [0.25, 0.3) is 0 Å². The molecule has 0 spiro atoms. The molecule has 0 saturated heterocycles. The first-order chi connectivity index (χ1) is 6.65. The predicted octanol–water partition coefficient (Wildman–Crippen LogP) is 0.0930. The van der Waals surface area contributed by atoms with Crippen LogP contribution in [0.4, 0.5) is 0 Å². The molecule has 74 valence electrons. The van der Waals surface area contributed by atoms with E-state index in [1.54, 1.807) is 13.0 Å². The third-order valence-electron chi connectivity index (χ3n) is 1.81. The van der Waals surface area contributed by atoms with Gasteiger partial charge in [-0.15, -0.1) is 0 Å². The first-order valence-electron chi connectivity index (χ1n) is 4.16. The van der Waals surface area contributed by atoms with Gasteiger partial charge in [0, 0.05) is 18.0 Å². The van der Waals surface area contributed by atoms with Crippen molar-refractivity contribution >= 4 is 0 Å². The summed E-state index contributed by atoms with van der Waals surface area (Å²) < 4.78 is 0. The second-order valence-corrected chi connectivity index (χ2v) is 2.94. The highest BCUT2D eigenvalue weighted by molar-refractivity contribution is 5.10. The third-order valence-corrected chi connectivity index (χ3v) is 1.81. The van der Waals surface area contributed by atoms with Gasteiger partial charge in [0.15, 0.2) is 0 Å². The van der Waals surface area contributed by atoms with E-state index in [2.05, 4.69) is 9.97 Å². The van der Waals surface area contributed by atoms with E-state index in [4.69, 9.17) is 5.26 Å². The summed E-state index contributed by atoms with van der Waals surface area (Å²) >= 11 is 0. The Hall–Kier alpha value is -1.51. The second kappa shape index (κ2) is 4.65. The molecule has 2 atom stereocenters. The highest BCUT2D eigenvalue weighted by atomic mass is 16.3. The first-order valence-corrected chi connectivity index (χ1v) is 4.16. The summed E-state index contributed by atoms with van der Waals surface area (Å²) in [5.41, 5.74) is 0.415. The molecular formula is C9H11N3O2. The van der Waals surface area contributed by atoms with Gasteiger partial charge in [-0.25, -0.2) is 9.97 Å². The fourth-order valence-electron chi connectivity index (χ4n) is 0.983. The number of nitrogens with zero attached hydrogens (tertiary/aromatic N) is 3. The molecule has 0 radical (unpaired) electrons.